The summed E-state index contributed by atoms with van der Waals surface area (Å²) < 4.78 is 0. The molecule has 2 heterocycles. The predicted octanol–water partition coefficient (Wildman–Crippen LogP) is 2.35. The molecule has 4 heteroatoms. The van der Waals surface area contributed by atoms with Gasteiger partial charge in [-0.15, -0.1) is 0 Å². The van der Waals surface area contributed by atoms with Crippen LogP contribution in [-0.4, -0.2) is 15.0 Å². The third-order valence-electron chi connectivity index (χ3n) is 2.80. The summed E-state index contributed by atoms with van der Waals surface area (Å²) in [5.74, 6) is 0.573. The lowest BCUT2D eigenvalue weighted by Crippen LogP contribution is -2.11. The van der Waals surface area contributed by atoms with E-state index in [2.05, 4.69) is 28.8 Å². The molecule has 0 fully saturated rings. The van der Waals surface area contributed by atoms with Gasteiger partial charge in [-0.1, -0.05) is 26.3 Å². The second kappa shape index (κ2) is 5.58. The fourth-order valence-electron chi connectivity index (χ4n) is 1.94. The van der Waals surface area contributed by atoms with Gasteiger partial charge in [0.15, 0.2) is 5.82 Å². The number of nitrogens with one attached hydrogen (secondary N) is 1. The third-order valence-corrected chi connectivity index (χ3v) is 2.80. The highest BCUT2D eigenvalue weighted by atomic mass is 16.1. The van der Waals surface area contributed by atoms with Crippen LogP contribution in [0.5, 0.6) is 0 Å². The first-order valence-corrected chi connectivity index (χ1v) is 6.29. The third kappa shape index (κ3) is 2.64. The number of hydrogen-bond donors (Lipinski definition) is 1. The standard InChI is InChI=1S/C14H17N3O/c1-3-6-11-9-12(18)17-14(16-11)13-10(4-2)7-5-8-15-13/h5,7-9H,3-4,6H2,1-2H3,(H,16,17,18). The normalized spacial score (nSPS) is 10.6. The van der Waals surface area contributed by atoms with Crippen LogP contribution in [0.25, 0.3) is 11.5 Å². The molecule has 1 N–H and O–H groups in total. The molecule has 18 heavy (non-hydrogen) atoms. The van der Waals surface area contributed by atoms with Crippen LogP contribution in [0.1, 0.15) is 31.5 Å². The first-order chi connectivity index (χ1) is 8.74. The molecule has 0 aliphatic rings. The zero-order valence-corrected chi connectivity index (χ0v) is 10.7. The van der Waals surface area contributed by atoms with Gasteiger partial charge in [0.05, 0.1) is 0 Å². The molecule has 0 radical (unpaired) electrons. The van der Waals surface area contributed by atoms with Crippen molar-refractivity contribution in [2.45, 2.75) is 33.1 Å². The molecule has 0 aliphatic carbocycles. The van der Waals surface area contributed by atoms with Gasteiger partial charge in [-0.3, -0.25) is 9.78 Å². The van der Waals surface area contributed by atoms with Gasteiger partial charge in [-0.25, -0.2) is 4.98 Å². The van der Waals surface area contributed by atoms with Crippen LogP contribution >= 0.6 is 0 Å². The number of pyridine rings is 1. The largest absolute Gasteiger partial charge is 0.305 e. The molecule has 94 valence electrons. The van der Waals surface area contributed by atoms with E-state index >= 15 is 0 Å². The Morgan fingerprint density at radius 1 is 1.33 bits per heavy atom. The smallest absolute Gasteiger partial charge is 0.251 e. The Hall–Kier alpha value is -1.97. The average molecular weight is 243 g/mol. The summed E-state index contributed by atoms with van der Waals surface area (Å²) in [6.07, 6.45) is 4.37. The molecule has 2 rings (SSSR count). The minimum atomic E-state index is -0.115. The monoisotopic (exact) mass is 243 g/mol. The van der Waals surface area contributed by atoms with Crippen molar-refractivity contribution in [2.75, 3.05) is 0 Å². The fourth-order valence-corrected chi connectivity index (χ4v) is 1.94. The van der Waals surface area contributed by atoms with Crippen molar-refractivity contribution in [3.8, 4) is 11.5 Å². The molecule has 2 aromatic heterocycles. The zero-order chi connectivity index (χ0) is 13.0. The van der Waals surface area contributed by atoms with Crippen molar-refractivity contribution < 1.29 is 0 Å². The van der Waals surface area contributed by atoms with E-state index < -0.39 is 0 Å². The van der Waals surface area contributed by atoms with Crippen LogP contribution in [-0.2, 0) is 12.8 Å². The van der Waals surface area contributed by atoms with Crippen LogP contribution < -0.4 is 5.56 Å². The highest BCUT2D eigenvalue weighted by Gasteiger charge is 2.08. The Labute approximate surface area is 106 Å². The molecule has 0 bridgehead atoms. The van der Waals surface area contributed by atoms with E-state index in [1.54, 1.807) is 12.3 Å². The number of H-pyrrole nitrogens is 1. The average Bonchev–Trinajstić information content (AvgIpc) is 2.38. The van der Waals surface area contributed by atoms with E-state index in [1.807, 2.05) is 12.1 Å². The van der Waals surface area contributed by atoms with Crippen molar-refractivity contribution in [2.24, 2.45) is 0 Å². The van der Waals surface area contributed by atoms with Gasteiger partial charge in [-0.2, -0.15) is 0 Å². The number of nitrogens with zero attached hydrogens (tertiary/aromatic N) is 2. The molecule has 0 saturated heterocycles. The number of rotatable bonds is 4. The molecule has 0 saturated carbocycles. The summed E-state index contributed by atoms with van der Waals surface area (Å²) in [5.41, 5.74) is 2.57. The minimum Gasteiger partial charge on any atom is -0.305 e. The lowest BCUT2D eigenvalue weighted by atomic mass is 10.1. The van der Waals surface area contributed by atoms with Crippen LogP contribution in [0.2, 0.25) is 0 Å². The fraction of sp³-hybridized carbons (Fsp3) is 0.357. The first kappa shape index (κ1) is 12.5. The molecule has 0 amide bonds. The summed E-state index contributed by atoms with van der Waals surface area (Å²) >= 11 is 0. The Morgan fingerprint density at radius 2 is 2.17 bits per heavy atom. The lowest BCUT2D eigenvalue weighted by Gasteiger charge is -2.06. The van der Waals surface area contributed by atoms with E-state index in [0.29, 0.717) is 5.82 Å². The molecular weight excluding hydrogens is 226 g/mol. The van der Waals surface area contributed by atoms with Gasteiger partial charge in [0, 0.05) is 18.0 Å². The molecule has 0 spiro atoms. The minimum absolute atomic E-state index is 0.115. The highest BCUT2D eigenvalue weighted by molar-refractivity contribution is 5.54. The van der Waals surface area contributed by atoms with Crippen molar-refractivity contribution in [3.63, 3.8) is 0 Å². The summed E-state index contributed by atoms with van der Waals surface area (Å²) in [7, 11) is 0. The summed E-state index contributed by atoms with van der Waals surface area (Å²) in [5, 5.41) is 0. The number of hydrogen-bond acceptors (Lipinski definition) is 3. The second-order valence-electron chi connectivity index (χ2n) is 4.20. The van der Waals surface area contributed by atoms with Gasteiger partial charge >= 0.3 is 0 Å². The number of aryl methyl sites for hydroxylation is 2. The number of aromatic nitrogens is 3. The Bertz CT molecular complexity index is 590. The van der Waals surface area contributed by atoms with Crippen molar-refractivity contribution in [1.29, 1.82) is 0 Å². The van der Waals surface area contributed by atoms with Gasteiger partial charge in [0.2, 0.25) is 0 Å². The predicted molar refractivity (Wildman–Crippen MR) is 71.5 cm³/mol. The maximum Gasteiger partial charge on any atom is 0.251 e. The molecule has 2 aromatic rings. The van der Waals surface area contributed by atoms with Crippen molar-refractivity contribution in [1.82, 2.24) is 15.0 Å². The Kier molecular flexibility index (Phi) is 3.87. The summed E-state index contributed by atoms with van der Waals surface area (Å²) in [6, 6.07) is 5.46. The zero-order valence-electron chi connectivity index (χ0n) is 10.7. The molecule has 0 aromatic carbocycles. The molecule has 4 nitrogen and oxygen atoms in total. The summed E-state index contributed by atoms with van der Waals surface area (Å²) in [4.78, 5) is 23.2. The Morgan fingerprint density at radius 3 is 2.89 bits per heavy atom. The maximum absolute atomic E-state index is 11.6. The second-order valence-corrected chi connectivity index (χ2v) is 4.20. The molecule has 0 unspecified atom stereocenters. The van der Waals surface area contributed by atoms with E-state index in [-0.39, 0.29) is 5.56 Å². The quantitative estimate of drug-likeness (QED) is 0.896. The first-order valence-electron chi connectivity index (χ1n) is 6.29. The Balaban J connectivity index is 2.53. The topological polar surface area (TPSA) is 58.6 Å². The molecular formula is C14H17N3O. The molecule has 0 atom stereocenters. The van der Waals surface area contributed by atoms with Crippen LogP contribution in [0.4, 0.5) is 0 Å². The molecule has 0 aliphatic heterocycles. The summed E-state index contributed by atoms with van der Waals surface area (Å²) in [6.45, 7) is 4.13. The van der Waals surface area contributed by atoms with Crippen LogP contribution in [0.3, 0.4) is 0 Å². The van der Waals surface area contributed by atoms with E-state index in [9.17, 15) is 4.79 Å². The number of aromatic amines is 1. The lowest BCUT2D eigenvalue weighted by molar-refractivity contribution is 0.867. The highest BCUT2D eigenvalue weighted by Crippen LogP contribution is 2.16. The van der Waals surface area contributed by atoms with Gasteiger partial charge in [0.1, 0.15) is 5.69 Å². The van der Waals surface area contributed by atoms with E-state index in [4.69, 9.17) is 0 Å². The SMILES string of the molecule is CCCc1cc(=O)[nH]c(-c2ncccc2CC)n1. The van der Waals surface area contributed by atoms with E-state index in [0.717, 1.165) is 36.2 Å². The van der Waals surface area contributed by atoms with Crippen molar-refractivity contribution >= 4 is 0 Å². The van der Waals surface area contributed by atoms with Gasteiger partial charge in [-0.05, 0) is 24.5 Å². The van der Waals surface area contributed by atoms with Crippen LogP contribution in [0, 0.1) is 0 Å². The van der Waals surface area contributed by atoms with E-state index in [1.165, 1.54) is 0 Å². The van der Waals surface area contributed by atoms with Crippen LogP contribution in [0.15, 0.2) is 29.2 Å². The van der Waals surface area contributed by atoms with Crippen molar-refractivity contribution in [3.05, 3.63) is 46.0 Å². The maximum atomic E-state index is 11.6. The van der Waals surface area contributed by atoms with Gasteiger partial charge in [0.25, 0.3) is 5.56 Å². The van der Waals surface area contributed by atoms with Gasteiger partial charge < -0.3 is 4.98 Å².